The summed E-state index contributed by atoms with van der Waals surface area (Å²) in [5.41, 5.74) is 2.22. The van der Waals surface area contributed by atoms with Crippen molar-refractivity contribution in [3.63, 3.8) is 0 Å². The van der Waals surface area contributed by atoms with Crippen LogP contribution in [0.15, 0.2) is 24.3 Å². The number of carbonyl (C=O) groups is 1. The van der Waals surface area contributed by atoms with Gasteiger partial charge in [0.1, 0.15) is 6.61 Å². The summed E-state index contributed by atoms with van der Waals surface area (Å²) < 4.78 is 5.22. The Labute approximate surface area is 103 Å². The Balaban J connectivity index is 2.40. The van der Waals surface area contributed by atoms with Gasteiger partial charge in [-0.25, -0.2) is 4.79 Å². The number of hydrogen-bond donors (Lipinski definition) is 0. The molecule has 1 amide bonds. The quantitative estimate of drug-likeness (QED) is 0.802. The normalized spacial score (nSPS) is 10.4. The van der Waals surface area contributed by atoms with Gasteiger partial charge in [0.15, 0.2) is 0 Å². The first-order valence-corrected chi connectivity index (χ1v) is 5.92. The maximum Gasteiger partial charge on any atom is 0.409 e. The van der Waals surface area contributed by atoms with Gasteiger partial charge in [-0.15, -0.1) is 0 Å². The highest BCUT2D eigenvalue weighted by Crippen LogP contribution is 2.06. The van der Waals surface area contributed by atoms with E-state index in [2.05, 4.69) is 13.8 Å². The van der Waals surface area contributed by atoms with Crippen LogP contribution in [0, 0.1) is 12.8 Å². The molecule has 3 nitrogen and oxygen atoms in total. The SMILES string of the molecule is Cc1ccc(COC(=O)N(C)CC(C)C)cc1. The molecule has 0 saturated heterocycles. The van der Waals surface area contributed by atoms with Crippen molar-refractivity contribution in [3.05, 3.63) is 35.4 Å². The van der Waals surface area contributed by atoms with Crippen molar-refractivity contribution in [2.75, 3.05) is 13.6 Å². The molecule has 0 aliphatic carbocycles. The lowest BCUT2D eigenvalue weighted by atomic mass is 10.2. The molecule has 3 heteroatoms. The van der Waals surface area contributed by atoms with Crippen LogP contribution in [0.3, 0.4) is 0 Å². The lowest BCUT2D eigenvalue weighted by Crippen LogP contribution is -2.30. The van der Waals surface area contributed by atoms with Crippen molar-refractivity contribution in [1.82, 2.24) is 4.90 Å². The van der Waals surface area contributed by atoms with Gasteiger partial charge < -0.3 is 9.64 Å². The van der Waals surface area contributed by atoms with Crippen molar-refractivity contribution < 1.29 is 9.53 Å². The molecule has 1 aromatic carbocycles. The zero-order chi connectivity index (χ0) is 12.8. The summed E-state index contributed by atoms with van der Waals surface area (Å²) in [5, 5.41) is 0. The molecule has 0 atom stereocenters. The summed E-state index contributed by atoms with van der Waals surface area (Å²) in [6, 6.07) is 7.98. The van der Waals surface area contributed by atoms with Gasteiger partial charge in [-0.05, 0) is 18.4 Å². The summed E-state index contributed by atoms with van der Waals surface area (Å²) in [6.07, 6.45) is -0.265. The van der Waals surface area contributed by atoms with Crippen molar-refractivity contribution in [1.29, 1.82) is 0 Å². The third-order valence-corrected chi connectivity index (χ3v) is 2.43. The zero-order valence-corrected chi connectivity index (χ0v) is 11.1. The first kappa shape index (κ1) is 13.6. The number of hydrogen-bond acceptors (Lipinski definition) is 2. The summed E-state index contributed by atoms with van der Waals surface area (Å²) in [5.74, 6) is 0.451. The van der Waals surface area contributed by atoms with Crippen LogP contribution in [0.4, 0.5) is 4.79 Å². The highest BCUT2D eigenvalue weighted by atomic mass is 16.6. The number of amides is 1. The second-order valence-corrected chi connectivity index (χ2v) is 4.81. The Kier molecular flexibility index (Phi) is 5.01. The molecule has 0 N–H and O–H groups in total. The molecule has 0 aliphatic rings. The average Bonchev–Trinajstić information content (AvgIpc) is 2.27. The smallest absolute Gasteiger partial charge is 0.409 e. The average molecular weight is 235 g/mol. The Morgan fingerprint density at radius 2 is 1.88 bits per heavy atom. The largest absolute Gasteiger partial charge is 0.445 e. The number of nitrogens with zero attached hydrogens (tertiary/aromatic N) is 1. The molecule has 0 saturated carbocycles. The molecule has 0 unspecified atom stereocenters. The van der Waals surface area contributed by atoms with Gasteiger partial charge in [-0.1, -0.05) is 43.7 Å². The Morgan fingerprint density at radius 3 is 2.41 bits per heavy atom. The van der Waals surface area contributed by atoms with E-state index >= 15 is 0 Å². The number of ether oxygens (including phenoxy) is 1. The molecule has 0 heterocycles. The van der Waals surface area contributed by atoms with Gasteiger partial charge in [0.2, 0.25) is 0 Å². The molecule has 17 heavy (non-hydrogen) atoms. The lowest BCUT2D eigenvalue weighted by molar-refractivity contribution is 0.101. The van der Waals surface area contributed by atoms with Crippen molar-refractivity contribution in [2.24, 2.45) is 5.92 Å². The van der Waals surface area contributed by atoms with Crippen LogP contribution < -0.4 is 0 Å². The van der Waals surface area contributed by atoms with Crippen molar-refractivity contribution in [2.45, 2.75) is 27.4 Å². The van der Waals surface area contributed by atoms with Gasteiger partial charge >= 0.3 is 6.09 Å². The van der Waals surface area contributed by atoms with Crippen LogP contribution >= 0.6 is 0 Å². The van der Waals surface area contributed by atoms with Crippen LogP contribution in [0.5, 0.6) is 0 Å². The number of benzene rings is 1. The molecule has 0 fully saturated rings. The van der Waals surface area contributed by atoms with E-state index in [4.69, 9.17) is 4.74 Å². The van der Waals surface area contributed by atoms with E-state index in [1.807, 2.05) is 31.2 Å². The van der Waals surface area contributed by atoms with E-state index in [1.54, 1.807) is 11.9 Å². The van der Waals surface area contributed by atoms with Gasteiger partial charge in [0.25, 0.3) is 0 Å². The minimum Gasteiger partial charge on any atom is -0.445 e. The first-order chi connectivity index (χ1) is 7.99. The Bertz CT molecular complexity index is 357. The molecule has 0 aromatic heterocycles. The van der Waals surface area contributed by atoms with E-state index in [0.29, 0.717) is 19.1 Å². The van der Waals surface area contributed by atoms with E-state index in [9.17, 15) is 4.79 Å². The van der Waals surface area contributed by atoms with E-state index < -0.39 is 0 Å². The standard InChI is InChI=1S/C14H21NO2/c1-11(2)9-15(4)14(16)17-10-13-7-5-12(3)6-8-13/h5-8,11H,9-10H2,1-4H3. The van der Waals surface area contributed by atoms with Gasteiger partial charge in [0.05, 0.1) is 0 Å². The third-order valence-electron chi connectivity index (χ3n) is 2.43. The van der Waals surface area contributed by atoms with Crippen molar-refractivity contribution in [3.8, 4) is 0 Å². The summed E-state index contributed by atoms with van der Waals surface area (Å²) >= 11 is 0. The van der Waals surface area contributed by atoms with Crippen LogP contribution in [0.2, 0.25) is 0 Å². The van der Waals surface area contributed by atoms with Crippen LogP contribution in [0.25, 0.3) is 0 Å². The molecule has 94 valence electrons. The van der Waals surface area contributed by atoms with Crippen LogP contribution in [-0.2, 0) is 11.3 Å². The maximum absolute atomic E-state index is 11.6. The summed E-state index contributed by atoms with van der Waals surface area (Å²) in [7, 11) is 1.76. The summed E-state index contributed by atoms with van der Waals surface area (Å²) in [6.45, 7) is 7.23. The molecular formula is C14H21NO2. The van der Waals surface area contributed by atoms with Crippen LogP contribution in [-0.4, -0.2) is 24.6 Å². The Morgan fingerprint density at radius 1 is 1.29 bits per heavy atom. The predicted octanol–water partition coefficient (Wildman–Crippen LogP) is 3.22. The zero-order valence-electron chi connectivity index (χ0n) is 11.1. The minimum atomic E-state index is -0.265. The lowest BCUT2D eigenvalue weighted by Gasteiger charge is -2.18. The maximum atomic E-state index is 11.6. The molecule has 1 aromatic rings. The fourth-order valence-corrected chi connectivity index (χ4v) is 1.56. The summed E-state index contributed by atoms with van der Waals surface area (Å²) in [4.78, 5) is 13.2. The second kappa shape index (κ2) is 6.28. The van der Waals surface area contributed by atoms with Gasteiger partial charge in [-0.2, -0.15) is 0 Å². The second-order valence-electron chi connectivity index (χ2n) is 4.81. The molecule has 0 spiro atoms. The molecule has 0 aliphatic heterocycles. The van der Waals surface area contributed by atoms with Crippen molar-refractivity contribution >= 4 is 6.09 Å². The fraction of sp³-hybridized carbons (Fsp3) is 0.500. The number of aryl methyl sites for hydroxylation is 1. The minimum absolute atomic E-state index is 0.265. The monoisotopic (exact) mass is 235 g/mol. The highest BCUT2D eigenvalue weighted by molar-refractivity contribution is 5.67. The van der Waals surface area contributed by atoms with E-state index in [1.165, 1.54) is 5.56 Å². The number of rotatable bonds is 4. The topological polar surface area (TPSA) is 29.5 Å². The first-order valence-electron chi connectivity index (χ1n) is 5.92. The third kappa shape index (κ3) is 4.89. The van der Waals surface area contributed by atoms with Crippen LogP contribution in [0.1, 0.15) is 25.0 Å². The predicted molar refractivity (Wildman–Crippen MR) is 68.8 cm³/mol. The number of carbonyl (C=O) groups excluding carboxylic acids is 1. The molecule has 0 bridgehead atoms. The molecular weight excluding hydrogens is 214 g/mol. The molecule has 0 radical (unpaired) electrons. The van der Waals surface area contributed by atoms with E-state index in [-0.39, 0.29) is 6.09 Å². The fourth-order valence-electron chi connectivity index (χ4n) is 1.56. The van der Waals surface area contributed by atoms with E-state index in [0.717, 1.165) is 5.56 Å². The van der Waals surface area contributed by atoms with Gasteiger partial charge in [0, 0.05) is 13.6 Å². The van der Waals surface area contributed by atoms with Gasteiger partial charge in [-0.3, -0.25) is 0 Å². The Hall–Kier alpha value is -1.51. The molecule has 1 rings (SSSR count). The highest BCUT2D eigenvalue weighted by Gasteiger charge is 2.11.